The van der Waals surface area contributed by atoms with E-state index < -0.39 is 0 Å². The van der Waals surface area contributed by atoms with Gasteiger partial charge < -0.3 is 10.5 Å². The van der Waals surface area contributed by atoms with Gasteiger partial charge in [-0.25, -0.2) is 0 Å². The van der Waals surface area contributed by atoms with Gasteiger partial charge in [0.25, 0.3) is 0 Å². The average molecular weight is 205 g/mol. The lowest BCUT2D eigenvalue weighted by Gasteiger charge is -2.13. The van der Waals surface area contributed by atoms with Crippen molar-refractivity contribution in [3.05, 3.63) is 28.8 Å². The van der Waals surface area contributed by atoms with Crippen molar-refractivity contribution >= 4 is 0 Å². The summed E-state index contributed by atoms with van der Waals surface area (Å²) in [5.74, 6) is 1.02. The van der Waals surface area contributed by atoms with Crippen molar-refractivity contribution in [2.75, 3.05) is 0 Å². The van der Waals surface area contributed by atoms with E-state index in [1.165, 1.54) is 16.7 Å². The Hall–Kier alpha value is -1.02. The molecule has 0 bridgehead atoms. The van der Waals surface area contributed by atoms with Gasteiger partial charge in [-0.15, -0.1) is 0 Å². The molecule has 2 N–H and O–H groups in total. The monoisotopic (exact) mass is 205 g/mol. The molecule has 82 valence electrons. The number of aryl methyl sites for hydroxylation is 2. The minimum absolute atomic E-state index is 0.0542. The van der Waals surface area contributed by atoms with E-state index in [2.05, 4.69) is 32.9 Å². The Bertz CT molecular complexity index is 373. The Kier molecular flexibility index (Phi) is 2.70. The number of benzene rings is 1. The maximum Gasteiger partial charge on any atom is 0.127 e. The Morgan fingerprint density at radius 2 is 2.07 bits per heavy atom. The van der Waals surface area contributed by atoms with Gasteiger partial charge in [0.2, 0.25) is 0 Å². The van der Waals surface area contributed by atoms with Crippen molar-refractivity contribution < 1.29 is 4.74 Å². The summed E-state index contributed by atoms with van der Waals surface area (Å²) in [6, 6.07) is 4.36. The molecule has 2 atom stereocenters. The Morgan fingerprint density at radius 1 is 1.33 bits per heavy atom. The molecule has 0 amide bonds. The van der Waals surface area contributed by atoms with Crippen LogP contribution in [0.4, 0.5) is 0 Å². The van der Waals surface area contributed by atoms with E-state index >= 15 is 0 Å². The van der Waals surface area contributed by atoms with E-state index in [9.17, 15) is 0 Å². The van der Waals surface area contributed by atoms with E-state index in [-0.39, 0.29) is 12.1 Å². The van der Waals surface area contributed by atoms with Crippen LogP contribution >= 0.6 is 0 Å². The molecule has 1 aliphatic heterocycles. The second-order valence-corrected chi connectivity index (χ2v) is 4.47. The van der Waals surface area contributed by atoms with Gasteiger partial charge >= 0.3 is 0 Å². The minimum atomic E-state index is 0.0542. The Labute approximate surface area is 91.4 Å². The van der Waals surface area contributed by atoms with Crippen LogP contribution in [0, 0.1) is 13.8 Å². The summed E-state index contributed by atoms with van der Waals surface area (Å²) in [7, 11) is 0. The number of hydrogen-bond acceptors (Lipinski definition) is 2. The molecule has 0 aromatic heterocycles. The van der Waals surface area contributed by atoms with Crippen molar-refractivity contribution in [3.63, 3.8) is 0 Å². The molecule has 0 saturated carbocycles. The van der Waals surface area contributed by atoms with Gasteiger partial charge in [0, 0.05) is 5.56 Å². The standard InChI is InChI=1S/C13H19NO/c1-4-5-11-12(14)10-7-8(2)6-9(3)13(10)15-11/h6-7,11-12H,4-5,14H2,1-3H3. The SMILES string of the molecule is CCCC1Oc2c(C)cc(C)cc2C1N. The van der Waals surface area contributed by atoms with Crippen LogP contribution in [0.1, 0.15) is 42.5 Å². The Balaban J connectivity index is 2.36. The predicted octanol–water partition coefficient (Wildman–Crippen LogP) is 2.86. The molecule has 0 aliphatic carbocycles. The van der Waals surface area contributed by atoms with Crippen LogP contribution in [-0.4, -0.2) is 6.10 Å². The summed E-state index contributed by atoms with van der Waals surface area (Å²) in [5.41, 5.74) is 9.85. The normalized spacial score (nSPS) is 23.7. The number of nitrogens with two attached hydrogens (primary N) is 1. The van der Waals surface area contributed by atoms with Crippen molar-refractivity contribution in [3.8, 4) is 5.75 Å². The molecule has 15 heavy (non-hydrogen) atoms. The van der Waals surface area contributed by atoms with Crippen LogP contribution < -0.4 is 10.5 Å². The van der Waals surface area contributed by atoms with Gasteiger partial charge in [0.15, 0.2) is 0 Å². The van der Waals surface area contributed by atoms with Crippen molar-refractivity contribution in [1.29, 1.82) is 0 Å². The molecule has 1 aromatic carbocycles. The highest BCUT2D eigenvalue weighted by Crippen LogP contribution is 2.39. The molecule has 2 nitrogen and oxygen atoms in total. The fraction of sp³-hybridized carbons (Fsp3) is 0.538. The summed E-state index contributed by atoms with van der Waals surface area (Å²) >= 11 is 0. The van der Waals surface area contributed by atoms with Crippen molar-refractivity contribution in [2.45, 2.75) is 45.8 Å². The second kappa shape index (κ2) is 3.86. The Morgan fingerprint density at radius 3 is 2.73 bits per heavy atom. The van der Waals surface area contributed by atoms with Gasteiger partial charge in [-0.05, 0) is 25.8 Å². The third kappa shape index (κ3) is 1.74. The topological polar surface area (TPSA) is 35.2 Å². The van der Waals surface area contributed by atoms with Crippen LogP contribution in [0.3, 0.4) is 0 Å². The van der Waals surface area contributed by atoms with Crippen LogP contribution in [0.25, 0.3) is 0 Å². The van der Waals surface area contributed by atoms with Gasteiger partial charge in [0.1, 0.15) is 11.9 Å². The second-order valence-electron chi connectivity index (χ2n) is 4.47. The average Bonchev–Trinajstić information content (AvgIpc) is 2.47. The largest absolute Gasteiger partial charge is 0.488 e. The first kappa shape index (κ1) is 10.5. The molecule has 1 aliphatic rings. The first-order valence-electron chi connectivity index (χ1n) is 5.67. The predicted molar refractivity (Wildman–Crippen MR) is 62.2 cm³/mol. The molecular weight excluding hydrogens is 186 g/mol. The minimum Gasteiger partial charge on any atom is -0.488 e. The maximum absolute atomic E-state index is 6.19. The highest BCUT2D eigenvalue weighted by atomic mass is 16.5. The van der Waals surface area contributed by atoms with Gasteiger partial charge in [-0.3, -0.25) is 0 Å². The van der Waals surface area contributed by atoms with Crippen molar-refractivity contribution in [1.82, 2.24) is 0 Å². The molecule has 0 spiro atoms. The summed E-state index contributed by atoms with van der Waals surface area (Å²) in [5, 5.41) is 0. The first-order valence-corrected chi connectivity index (χ1v) is 5.67. The summed E-state index contributed by atoms with van der Waals surface area (Å²) in [6.45, 7) is 6.36. The summed E-state index contributed by atoms with van der Waals surface area (Å²) < 4.78 is 5.92. The van der Waals surface area contributed by atoms with Crippen LogP contribution in [0.15, 0.2) is 12.1 Å². The zero-order valence-electron chi connectivity index (χ0n) is 9.71. The van der Waals surface area contributed by atoms with E-state index in [0.29, 0.717) is 0 Å². The third-order valence-corrected chi connectivity index (χ3v) is 3.05. The molecule has 2 heteroatoms. The van der Waals surface area contributed by atoms with Gasteiger partial charge in [-0.2, -0.15) is 0 Å². The zero-order valence-corrected chi connectivity index (χ0v) is 9.71. The molecule has 2 unspecified atom stereocenters. The fourth-order valence-corrected chi connectivity index (χ4v) is 2.34. The van der Waals surface area contributed by atoms with E-state index in [4.69, 9.17) is 10.5 Å². The lowest BCUT2D eigenvalue weighted by atomic mass is 9.98. The summed E-state index contributed by atoms with van der Waals surface area (Å²) in [4.78, 5) is 0. The highest BCUT2D eigenvalue weighted by molar-refractivity contribution is 5.48. The number of hydrogen-bond donors (Lipinski definition) is 1. The quantitative estimate of drug-likeness (QED) is 0.805. The molecule has 1 aromatic rings. The van der Waals surface area contributed by atoms with Crippen LogP contribution in [0.2, 0.25) is 0 Å². The van der Waals surface area contributed by atoms with Crippen molar-refractivity contribution in [2.24, 2.45) is 5.73 Å². The smallest absolute Gasteiger partial charge is 0.127 e. The van der Waals surface area contributed by atoms with E-state index in [1.807, 2.05) is 0 Å². The zero-order chi connectivity index (χ0) is 11.0. The summed E-state index contributed by atoms with van der Waals surface area (Å²) in [6.07, 6.45) is 2.32. The van der Waals surface area contributed by atoms with Crippen LogP contribution in [-0.2, 0) is 0 Å². The maximum atomic E-state index is 6.19. The van der Waals surface area contributed by atoms with E-state index in [0.717, 1.165) is 18.6 Å². The van der Waals surface area contributed by atoms with E-state index in [1.54, 1.807) is 0 Å². The fourth-order valence-electron chi connectivity index (χ4n) is 2.34. The lowest BCUT2D eigenvalue weighted by molar-refractivity contribution is 0.194. The molecular formula is C13H19NO. The highest BCUT2D eigenvalue weighted by Gasteiger charge is 2.31. The number of fused-ring (bicyclic) bond motifs is 1. The third-order valence-electron chi connectivity index (χ3n) is 3.05. The molecule has 1 heterocycles. The molecule has 0 radical (unpaired) electrons. The number of rotatable bonds is 2. The molecule has 2 rings (SSSR count). The lowest BCUT2D eigenvalue weighted by Crippen LogP contribution is -2.24. The van der Waals surface area contributed by atoms with Gasteiger partial charge in [0.05, 0.1) is 6.04 Å². The van der Waals surface area contributed by atoms with Gasteiger partial charge in [-0.1, -0.05) is 31.0 Å². The molecule has 0 fully saturated rings. The molecule has 0 saturated heterocycles. The van der Waals surface area contributed by atoms with Crippen LogP contribution in [0.5, 0.6) is 5.75 Å². The number of ether oxygens (including phenoxy) is 1. The first-order chi connectivity index (χ1) is 7.13.